The Bertz CT molecular complexity index is 579. The predicted molar refractivity (Wildman–Crippen MR) is 73.1 cm³/mol. The molecule has 0 saturated heterocycles. The summed E-state index contributed by atoms with van der Waals surface area (Å²) in [5, 5.41) is 0. The average molecular weight is 244 g/mol. The van der Waals surface area contributed by atoms with Gasteiger partial charge in [-0.3, -0.25) is 4.79 Å². The normalized spacial score (nSPS) is 10.6. The lowest BCUT2D eigenvalue weighted by Crippen LogP contribution is -2.03. The van der Waals surface area contributed by atoms with Crippen LogP contribution in [0, 0.1) is 27.7 Å². The van der Waals surface area contributed by atoms with E-state index in [0.29, 0.717) is 0 Å². The summed E-state index contributed by atoms with van der Waals surface area (Å²) in [6.45, 7) is 8.14. The highest BCUT2D eigenvalue weighted by Crippen LogP contribution is 2.23. The minimum Gasteiger partial charge on any atom is -0.288 e. The number of hydrogen-bond acceptors (Lipinski definition) is 2. The zero-order valence-electron chi connectivity index (χ0n) is 10.6. The van der Waals surface area contributed by atoms with Gasteiger partial charge in [-0.25, -0.2) is 0 Å². The van der Waals surface area contributed by atoms with Crippen LogP contribution in [0.3, 0.4) is 0 Å². The third-order valence-corrected chi connectivity index (χ3v) is 4.05. The van der Waals surface area contributed by atoms with E-state index in [0.717, 1.165) is 16.0 Å². The fourth-order valence-electron chi connectivity index (χ4n) is 1.89. The highest BCUT2D eigenvalue weighted by atomic mass is 32.1. The standard InChI is InChI=1S/C15H16OS/c1-9-7-11(3)13(8-10(9)2)15(16)14-6-5-12(4)17-14/h5-8H,1-4H3. The van der Waals surface area contributed by atoms with Gasteiger partial charge in [-0.05, 0) is 62.6 Å². The van der Waals surface area contributed by atoms with Gasteiger partial charge in [-0.2, -0.15) is 0 Å². The summed E-state index contributed by atoms with van der Waals surface area (Å²) in [5.74, 6) is 0.142. The minimum atomic E-state index is 0.142. The van der Waals surface area contributed by atoms with Crippen molar-refractivity contribution >= 4 is 17.1 Å². The second-order valence-electron chi connectivity index (χ2n) is 4.49. The van der Waals surface area contributed by atoms with Gasteiger partial charge in [-0.15, -0.1) is 11.3 Å². The third-order valence-electron chi connectivity index (χ3n) is 3.05. The van der Waals surface area contributed by atoms with Crippen molar-refractivity contribution in [2.75, 3.05) is 0 Å². The molecule has 0 amide bonds. The Morgan fingerprint density at radius 3 is 2.18 bits per heavy atom. The largest absolute Gasteiger partial charge is 0.288 e. The summed E-state index contributed by atoms with van der Waals surface area (Å²) in [6, 6.07) is 8.00. The molecule has 2 aromatic rings. The Morgan fingerprint density at radius 2 is 1.59 bits per heavy atom. The van der Waals surface area contributed by atoms with Crippen molar-refractivity contribution in [3.05, 3.63) is 56.3 Å². The third kappa shape index (κ3) is 2.32. The first-order chi connectivity index (χ1) is 7.99. The molecule has 0 unspecified atom stereocenters. The Kier molecular flexibility index (Phi) is 3.16. The van der Waals surface area contributed by atoms with Crippen molar-refractivity contribution in [1.29, 1.82) is 0 Å². The van der Waals surface area contributed by atoms with E-state index in [-0.39, 0.29) is 5.78 Å². The lowest BCUT2D eigenvalue weighted by molar-refractivity contribution is 0.104. The second-order valence-corrected chi connectivity index (χ2v) is 5.78. The molecule has 0 saturated carbocycles. The number of rotatable bonds is 2. The maximum atomic E-state index is 12.4. The van der Waals surface area contributed by atoms with E-state index >= 15 is 0 Å². The molecule has 0 aliphatic heterocycles. The molecule has 17 heavy (non-hydrogen) atoms. The Labute approximate surface area is 106 Å². The summed E-state index contributed by atoms with van der Waals surface area (Å²) < 4.78 is 0. The Morgan fingerprint density at radius 1 is 0.941 bits per heavy atom. The lowest BCUT2D eigenvalue weighted by Gasteiger charge is -2.07. The fraction of sp³-hybridized carbons (Fsp3) is 0.267. The molecule has 0 spiro atoms. The van der Waals surface area contributed by atoms with Gasteiger partial charge in [0.15, 0.2) is 0 Å². The quantitative estimate of drug-likeness (QED) is 0.723. The molecular weight excluding hydrogens is 228 g/mol. The van der Waals surface area contributed by atoms with E-state index in [1.807, 2.05) is 39.0 Å². The van der Waals surface area contributed by atoms with Gasteiger partial charge < -0.3 is 0 Å². The second kappa shape index (κ2) is 4.46. The molecule has 0 atom stereocenters. The number of carbonyl (C=O) groups is 1. The summed E-state index contributed by atoms with van der Waals surface area (Å²) >= 11 is 1.56. The van der Waals surface area contributed by atoms with E-state index in [1.54, 1.807) is 11.3 Å². The molecule has 2 heteroatoms. The number of benzene rings is 1. The number of carbonyl (C=O) groups excluding carboxylic acids is 1. The first-order valence-electron chi connectivity index (χ1n) is 5.68. The molecule has 0 radical (unpaired) electrons. The SMILES string of the molecule is Cc1ccc(C(=O)c2cc(C)c(C)cc2C)s1. The van der Waals surface area contributed by atoms with Crippen LogP contribution in [0.25, 0.3) is 0 Å². The minimum absolute atomic E-state index is 0.142. The summed E-state index contributed by atoms with van der Waals surface area (Å²) in [6.07, 6.45) is 0. The molecular formula is C15H16OS. The molecule has 1 aromatic heterocycles. The molecule has 1 heterocycles. The number of thiophene rings is 1. The average Bonchev–Trinajstić information content (AvgIpc) is 2.69. The van der Waals surface area contributed by atoms with Gasteiger partial charge in [-0.1, -0.05) is 6.07 Å². The van der Waals surface area contributed by atoms with Crippen LogP contribution >= 0.6 is 11.3 Å². The molecule has 2 rings (SSSR count). The first-order valence-corrected chi connectivity index (χ1v) is 6.49. The van der Waals surface area contributed by atoms with Gasteiger partial charge in [0.25, 0.3) is 0 Å². The molecule has 0 fully saturated rings. The van der Waals surface area contributed by atoms with Gasteiger partial charge in [0, 0.05) is 10.4 Å². The van der Waals surface area contributed by atoms with Crippen LogP contribution < -0.4 is 0 Å². The van der Waals surface area contributed by atoms with E-state index < -0.39 is 0 Å². The van der Waals surface area contributed by atoms with Crippen LogP contribution in [0.5, 0.6) is 0 Å². The van der Waals surface area contributed by atoms with Crippen LogP contribution in [-0.4, -0.2) is 5.78 Å². The highest BCUT2D eigenvalue weighted by Gasteiger charge is 2.14. The topological polar surface area (TPSA) is 17.1 Å². The molecule has 1 aromatic carbocycles. The number of hydrogen-bond donors (Lipinski definition) is 0. The summed E-state index contributed by atoms with van der Waals surface area (Å²) in [7, 11) is 0. The molecule has 0 aliphatic carbocycles. The number of aryl methyl sites for hydroxylation is 4. The van der Waals surface area contributed by atoms with Crippen LogP contribution in [0.2, 0.25) is 0 Å². The van der Waals surface area contributed by atoms with E-state index in [1.165, 1.54) is 16.0 Å². The summed E-state index contributed by atoms with van der Waals surface area (Å²) in [4.78, 5) is 14.4. The molecule has 0 bridgehead atoms. The van der Waals surface area contributed by atoms with Crippen LogP contribution in [0.4, 0.5) is 0 Å². The molecule has 88 valence electrons. The molecule has 1 nitrogen and oxygen atoms in total. The van der Waals surface area contributed by atoms with Gasteiger partial charge in [0.05, 0.1) is 4.88 Å². The monoisotopic (exact) mass is 244 g/mol. The Balaban J connectivity index is 2.47. The van der Waals surface area contributed by atoms with Crippen molar-refractivity contribution in [2.24, 2.45) is 0 Å². The molecule has 0 N–H and O–H groups in total. The van der Waals surface area contributed by atoms with Gasteiger partial charge >= 0.3 is 0 Å². The van der Waals surface area contributed by atoms with E-state index in [2.05, 4.69) is 13.0 Å². The van der Waals surface area contributed by atoms with Crippen molar-refractivity contribution in [1.82, 2.24) is 0 Å². The van der Waals surface area contributed by atoms with Crippen molar-refractivity contribution in [3.63, 3.8) is 0 Å². The first kappa shape index (κ1) is 12.1. The van der Waals surface area contributed by atoms with Gasteiger partial charge in [0.2, 0.25) is 5.78 Å². The highest BCUT2D eigenvalue weighted by molar-refractivity contribution is 7.14. The van der Waals surface area contributed by atoms with Crippen molar-refractivity contribution in [3.8, 4) is 0 Å². The van der Waals surface area contributed by atoms with Crippen molar-refractivity contribution in [2.45, 2.75) is 27.7 Å². The van der Waals surface area contributed by atoms with Crippen LogP contribution in [-0.2, 0) is 0 Å². The molecule has 0 aliphatic rings. The lowest BCUT2D eigenvalue weighted by atomic mass is 9.97. The maximum Gasteiger partial charge on any atom is 0.203 e. The smallest absolute Gasteiger partial charge is 0.203 e. The zero-order chi connectivity index (χ0) is 12.6. The van der Waals surface area contributed by atoms with E-state index in [9.17, 15) is 4.79 Å². The summed E-state index contributed by atoms with van der Waals surface area (Å²) in [5.41, 5.74) is 4.30. The van der Waals surface area contributed by atoms with Gasteiger partial charge in [0.1, 0.15) is 0 Å². The maximum absolute atomic E-state index is 12.4. The Hall–Kier alpha value is -1.41. The predicted octanol–water partition coefficient (Wildman–Crippen LogP) is 4.21. The van der Waals surface area contributed by atoms with Crippen LogP contribution in [0.1, 0.15) is 36.8 Å². The zero-order valence-corrected chi connectivity index (χ0v) is 11.4. The van der Waals surface area contributed by atoms with E-state index in [4.69, 9.17) is 0 Å². The van der Waals surface area contributed by atoms with Crippen LogP contribution in [0.15, 0.2) is 24.3 Å². The van der Waals surface area contributed by atoms with Crippen molar-refractivity contribution < 1.29 is 4.79 Å². The number of ketones is 1. The fourth-order valence-corrected chi connectivity index (χ4v) is 2.72.